The van der Waals surface area contributed by atoms with Crippen LogP contribution in [-0.4, -0.2) is 28.9 Å². The lowest BCUT2D eigenvalue weighted by molar-refractivity contribution is -0.114. The second kappa shape index (κ2) is 11.5. The third kappa shape index (κ3) is 5.86. The first-order chi connectivity index (χ1) is 18.9. The molecule has 4 aromatic rings. The van der Waals surface area contributed by atoms with E-state index in [1.807, 2.05) is 72.8 Å². The maximum atomic E-state index is 13.7. The fourth-order valence-corrected chi connectivity index (χ4v) is 5.53. The lowest BCUT2D eigenvalue weighted by Gasteiger charge is -2.38. The Morgan fingerprint density at radius 1 is 1.03 bits per heavy atom. The molecule has 1 heterocycles. The molecule has 7 nitrogen and oxygen atoms in total. The Morgan fingerprint density at radius 3 is 2.51 bits per heavy atom. The molecule has 2 amide bonds. The fourth-order valence-electron chi connectivity index (χ4n) is 4.66. The lowest BCUT2D eigenvalue weighted by Crippen LogP contribution is -2.42. The summed E-state index contributed by atoms with van der Waals surface area (Å²) >= 11 is 1.65. The highest BCUT2D eigenvalue weighted by atomic mass is 32.2. The summed E-state index contributed by atoms with van der Waals surface area (Å²) in [5.41, 5.74) is 4.51. The van der Waals surface area contributed by atoms with Crippen molar-refractivity contribution in [2.75, 3.05) is 17.7 Å². The summed E-state index contributed by atoms with van der Waals surface area (Å²) in [7, 11) is 1.65. The van der Waals surface area contributed by atoms with Gasteiger partial charge < -0.3 is 25.4 Å². The smallest absolute Gasteiger partial charge is 0.261 e. The molecule has 0 bridgehead atoms. The quantitative estimate of drug-likeness (QED) is 0.224. The average molecular weight is 540 g/mol. The van der Waals surface area contributed by atoms with Crippen molar-refractivity contribution in [3.8, 4) is 11.5 Å². The topological polar surface area (TPSA) is 90.9 Å². The highest BCUT2D eigenvalue weighted by molar-refractivity contribution is 7.98. The fraction of sp³-hybridized carbons (Fsp3) is 0.161. The molecule has 0 aromatic heterocycles. The van der Waals surface area contributed by atoms with Crippen LogP contribution >= 0.6 is 11.8 Å². The number of rotatable bonds is 8. The molecule has 1 unspecified atom stereocenters. The van der Waals surface area contributed by atoms with Crippen molar-refractivity contribution in [1.29, 1.82) is 0 Å². The number of hydrogen-bond acceptors (Lipinski definition) is 6. The molecule has 4 aromatic carbocycles. The number of amides is 2. The van der Waals surface area contributed by atoms with Crippen LogP contribution in [0.5, 0.6) is 11.5 Å². The third-order valence-corrected chi connectivity index (χ3v) is 7.57. The van der Waals surface area contributed by atoms with E-state index >= 15 is 0 Å². The van der Waals surface area contributed by atoms with E-state index < -0.39 is 6.17 Å². The molecule has 1 aliphatic heterocycles. The van der Waals surface area contributed by atoms with Crippen LogP contribution < -0.4 is 15.4 Å². The van der Waals surface area contributed by atoms with Crippen LogP contribution in [0.3, 0.4) is 0 Å². The zero-order valence-electron chi connectivity index (χ0n) is 21.7. The number of methoxy groups -OCH3 is 1. The van der Waals surface area contributed by atoms with E-state index in [9.17, 15) is 14.7 Å². The van der Waals surface area contributed by atoms with Gasteiger partial charge in [0.05, 0.1) is 12.8 Å². The predicted molar refractivity (Wildman–Crippen MR) is 154 cm³/mol. The Bertz CT molecular complexity index is 1490. The SMILES string of the molecule is COc1ccc(C2Nc3cccc(O)c3C(=O)N2Cc2ccccc2)cc1CSc1ccc(NC(C)=O)cc1. The van der Waals surface area contributed by atoms with Gasteiger partial charge in [-0.1, -0.05) is 42.5 Å². The maximum Gasteiger partial charge on any atom is 0.261 e. The predicted octanol–water partition coefficient (Wildman–Crippen LogP) is 6.42. The molecular weight excluding hydrogens is 510 g/mol. The Morgan fingerprint density at radius 2 is 1.79 bits per heavy atom. The van der Waals surface area contributed by atoms with Crippen molar-refractivity contribution < 1.29 is 19.4 Å². The van der Waals surface area contributed by atoms with Crippen molar-refractivity contribution in [2.45, 2.75) is 30.3 Å². The molecule has 0 saturated heterocycles. The van der Waals surface area contributed by atoms with E-state index in [2.05, 4.69) is 16.7 Å². The van der Waals surface area contributed by atoms with Gasteiger partial charge in [-0.15, -0.1) is 11.8 Å². The first kappa shape index (κ1) is 26.2. The molecule has 0 aliphatic carbocycles. The molecule has 39 heavy (non-hydrogen) atoms. The van der Waals surface area contributed by atoms with Crippen molar-refractivity contribution in [2.24, 2.45) is 0 Å². The van der Waals surface area contributed by atoms with Crippen molar-refractivity contribution >= 4 is 35.0 Å². The Labute approximate surface area is 231 Å². The van der Waals surface area contributed by atoms with Crippen LogP contribution in [0, 0.1) is 0 Å². The summed E-state index contributed by atoms with van der Waals surface area (Å²) in [5, 5.41) is 16.7. The number of benzene rings is 4. The van der Waals surface area contributed by atoms with Gasteiger partial charge in [0.15, 0.2) is 0 Å². The number of phenolic OH excluding ortho intramolecular Hbond substituents is 1. The van der Waals surface area contributed by atoms with E-state index in [4.69, 9.17) is 4.74 Å². The van der Waals surface area contributed by atoms with Gasteiger partial charge in [0, 0.05) is 35.4 Å². The Balaban J connectivity index is 1.44. The summed E-state index contributed by atoms with van der Waals surface area (Å²) in [6.45, 7) is 1.86. The molecule has 0 saturated carbocycles. The number of fused-ring (bicyclic) bond motifs is 1. The molecule has 5 rings (SSSR count). The number of nitrogens with one attached hydrogen (secondary N) is 2. The first-order valence-corrected chi connectivity index (χ1v) is 13.5. The van der Waals surface area contributed by atoms with Gasteiger partial charge >= 0.3 is 0 Å². The number of carbonyl (C=O) groups excluding carboxylic acids is 2. The number of thioether (sulfide) groups is 1. The lowest BCUT2D eigenvalue weighted by atomic mass is 10.0. The van der Waals surface area contributed by atoms with Gasteiger partial charge in [-0.2, -0.15) is 0 Å². The molecule has 1 atom stereocenters. The summed E-state index contributed by atoms with van der Waals surface area (Å²) < 4.78 is 5.66. The zero-order chi connectivity index (χ0) is 27.4. The molecule has 0 spiro atoms. The van der Waals surface area contributed by atoms with Crippen LogP contribution in [0.1, 0.15) is 40.1 Å². The second-order valence-electron chi connectivity index (χ2n) is 9.23. The van der Waals surface area contributed by atoms with Gasteiger partial charge in [-0.05, 0) is 59.7 Å². The van der Waals surface area contributed by atoms with Gasteiger partial charge in [-0.25, -0.2) is 0 Å². The van der Waals surface area contributed by atoms with Crippen LogP contribution in [0.2, 0.25) is 0 Å². The third-order valence-electron chi connectivity index (χ3n) is 6.51. The number of anilines is 2. The van der Waals surface area contributed by atoms with Crippen LogP contribution in [0.25, 0.3) is 0 Å². The first-order valence-electron chi connectivity index (χ1n) is 12.5. The van der Waals surface area contributed by atoms with E-state index in [1.165, 1.54) is 13.0 Å². The van der Waals surface area contributed by atoms with Crippen molar-refractivity contribution in [1.82, 2.24) is 4.90 Å². The van der Waals surface area contributed by atoms with Crippen LogP contribution in [0.15, 0.2) is 95.9 Å². The Kier molecular flexibility index (Phi) is 7.74. The molecular formula is C31H29N3O4S. The number of ether oxygens (including phenoxy) is 1. The summed E-state index contributed by atoms with van der Waals surface area (Å²) in [6, 6.07) is 28.5. The number of carbonyl (C=O) groups is 2. The number of nitrogens with zero attached hydrogens (tertiary/aromatic N) is 1. The molecule has 3 N–H and O–H groups in total. The Hall–Kier alpha value is -4.43. The van der Waals surface area contributed by atoms with E-state index in [-0.39, 0.29) is 23.1 Å². The minimum atomic E-state index is -0.446. The summed E-state index contributed by atoms with van der Waals surface area (Å²) in [4.78, 5) is 27.8. The average Bonchev–Trinajstić information content (AvgIpc) is 2.94. The van der Waals surface area contributed by atoms with Gasteiger partial charge in [-0.3, -0.25) is 9.59 Å². The maximum absolute atomic E-state index is 13.7. The van der Waals surface area contributed by atoms with Crippen molar-refractivity contribution in [3.63, 3.8) is 0 Å². The van der Waals surface area contributed by atoms with Crippen LogP contribution in [0.4, 0.5) is 11.4 Å². The summed E-state index contributed by atoms with van der Waals surface area (Å²) in [6.07, 6.45) is -0.446. The van der Waals surface area contributed by atoms with Gasteiger partial charge in [0.2, 0.25) is 5.91 Å². The van der Waals surface area contributed by atoms with Crippen LogP contribution in [-0.2, 0) is 17.1 Å². The number of hydrogen-bond donors (Lipinski definition) is 3. The number of phenols is 1. The largest absolute Gasteiger partial charge is 0.507 e. The van der Waals surface area contributed by atoms with Gasteiger partial charge in [0.1, 0.15) is 23.2 Å². The molecule has 1 aliphatic rings. The van der Waals surface area contributed by atoms with E-state index in [0.29, 0.717) is 18.0 Å². The molecule has 198 valence electrons. The van der Waals surface area contributed by atoms with Crippen molar-refractivity contribution in [3.05, 3.63) is 113 Å². The molecule has 0 radical (unpaired) electrons. The molecule has 8 heteroatoms. The monoisotopic (exact) mass is 539 g/mol. The highest BCUT2D eigenvalue weighted by Gasteiger charge is 2.35. The van der Waals surface area contributed by atoms with Gasteiger partial charge in [0.25, 0.3) is 5.91 Å². The van der Waals surface area contributed by atoms with E-state index in [1.54, 1.807) is 29.8 Å². The standard InChI is InChI=1S/C31H29N3O4S/c1-20(35)32-24-12-14-25(15-13-24)39-19-23-17-22(11-16-28(23)38-2)30-33-26-9-6-10-27(36)29(26)31(37)34(30)18-21-7-4-3-5-8-21/h3-17,30,33,36H,18-19H2,1-2H3,(H,32,35). The zero-order valence-corrected chi connectivity index (χ0v) is 22.5. The number of aromatic hydroxyl groups is 1. The highest BCUT2D eigenvalue weighted by Crippen LogP contribution is 2.39. The van der Waals surface area contributed by atoms with E-state index in [0.717, 1.165) is 33.0 Å². The summed E-state index contributed by atoms with van der Waals surface area (Å²) in [5.74, 6) is 1.02. The molecule has 0 fully saturated rings. The minimum absolute atomic E-state index is 0.0437. The normalized spacial score (nSPS) is 14.4. The minimum Gasteiger partial charge on any atom is -0.507 e. The second-order valence-corrected chi connectivity index (χ2v) is 10.3.